The summed E-state index contributed by atoms with van der Waals surface area (Å²) < 4.78 is 33.2. The maximum atomic E-state index is 13.4. The Morgan fingerprint density at radius 3 is 2.50 bits per heavy atom. The number of aromatic nitrogens is 1. The fourth-order valence-corrected chi connectivity index (χ4v) is 2.82. The standard InChI is InChI=1S/C18H20BrF2N3OS/c1-5-24(4)18(26)23-16-9-15(19)17(22-10(16)2)25-11(3)12-6-13(20)8-14(21)7-12/h6-9,11H,5H2,1-4H3,(H,23,26). The van der Waals surface area contributed by atoms with E-state index < -0.39 is 17.7 Å². The quantitative estimate of drug-likeness (QED) is 0.641. The highest BCUT2D eigenvalue weighted by molar-refractivity contribution is 9.10. The second-order valence-corrected chi connectivity index (χ2v) is 7.06. The molecule has 1 atom stereocenters. The van der Waals surface area contributed by atoms with E-state index >= 15 is 0 Å². The molecule has 4 nitrogen and oxygen atoms in total. The number of hydrogen-bond acceptors (Lipinski definition) is 3. The molecule has 0 saturated carbocycles. The van der Waals surface area contributed by atoms with Crippen molar-refractivity contribution in [1.29, 1.82) is 0 Å². The number of aryl methyl sites for hydroxylation is 1. The van der Waals surface area contributed by atoms with Crippen molar-refractivity contribution in [3.63, 3.8) is 0 Å². The average molecular weight is 444 g/mol. The summed E-state index contributed by atoms with van der Waals surface area (Å²) in [6, 6.07) is 5.12. The maximum absolute atomic E-state index is 13.4. The van der Waals surface area contributed by atoms with E-state index in [-0.39, 0.29) is 0 Å². The van der Waals surface area contributed by atoms with E-state index in [0.717, 1.165) is 18.3 Å². The molecule has 0 radical (unpaired) electrons. The van der Waals surface area contributed by atoms with Crippen LogP contribution in [0.4, 0.5) is 14.5 Å². The number of pyridine rings is 1. The van der Waals surface area contributed by atoms with Gasteiger partial charge in [0.05, 0.1) is 15.9 Å². The Hall–Kier alpha value is -1.80. The average Bonchev–Trinajstić information content (AvgIpc) is 2.57. The molecule has 0 bridgehead atoms. The summed E-state index contributed by atoms with van der Waals surface area (Å²) in [5, 5.41) is 3.72. The molecule has 140 valence electrons. The van der Waals surface area contributed by atoms with Crippen molar-refractivity contribution >= 4 is 38.9 Å². The van der Waals surface area contributed by atoms with Crippen molar-refractivity contribution in [2.75, 3.05) is 18.9 Å². The third-order valence-corrected chi connectivity index (χ3v) is 4.82. The van der Waals surface area contributed by atoms with E-state index in [0.29, 0.717) is 26.7 Å². The molecule has 0 spiro atoms. The minimum Gasteiger partial charge on any atom is -0.469 e. The van der Waals surface area contributed by atoms with Gasteiger partial charge in [0.2, 0.25) is 5.88 Å². The minimum atomic E-state index is -0.647. The van der Waals surface area contributed by atoms with Crippen molar-refractivity contribution in [2.24, 2.45) is 0 Å². The molecule has 8 heteroatoms. The summed E-state index contributed by atoms with van der Waals surface area (Å²) in [7, 11) is 1.89. The largest absolute Gasteiger partial charge is 0.469 e. The Kier molecular flexibility index (Phi) is 6.88. The number of nitrogens with one attached hydrogen (secondary N) is 1. The lowest BCUT2D eigenvalue weighted by Gasteiger charge is -2.21. The number of hydrogen-bond donors (Lipinski definition) is 1. The van der Waals surface area contributed by atoms with Crippen LogP contribution in [0.5, 0.6) is 5.88 Å². The van der Waals surface area contributed by atoms with Gasteiger partial charge in [-0.3, -0.25) is 0 Å². The van der Waals surface area contributed by atoms with Gasteiger partial charge in [0.15, 0.2) is 5.11 Å². The van der Waals surface area contributed by atoms with E-state index in [9.17, 15) is 8.78 Å². The van der Waals surface area contributed by atoms with Gasteiger partial charge < -0.3 is 15.0 Å². The summed E-state index contributed by atoms with van der Waals surface area (Å²) in [5.41, 5.74) is 1.83. The van der Waals surface area contributed by atoms with Gasteiger partial charge in [0.1, 0.15) is 17.7 Å². The number of rotatable bonds is 5. The summed E-state index contributed by atoms with van der Waals surface area (Å²) in [6.45, 7) is 6.31. The van der Waals surface area contributed by atoms with Crippen LogP contribution in [0.2, 0.25) is 0 Å². The van der Waals surface area contributed by atoms with Crippen LogP contribution in [0, 0.1) is 18.6 Å². The molecule has 2 aromatic rings. The topological polar surface area (TPSA) is 37.4 Å². The summed E-state index contributed by atoms with van der Waals surface area (Å²) in [6.07, 6.45) is -0.575. The SMILES string of the molecule is CCN(C)C(=S)Nc1cc(Br)c(OC(C)c2cc(F)cc(F)c2)nc1C. The van der Waals surface area contributed by atoms with E-state index in [1.54, 1.807) is 6.92 Å². The highest BCUT2D eigenvalue weighted by Crippen LogP contribution is 2.31. The first-order chi connectivity index (χ1) is 12.2. The van der Waals surface area contributed by atoms with Gasteiger partial charge in [-0.15, -0.1) is 0 Å². The van der Waals surface area contributed by atoms with Gasteiger partial charge >= 0.3 is 0 Å². The van der Waals surface area contributed by atoms with Crippen LogP contribution in [-0.4, -0.2) is 28.6 Å². The molecule has 1 N–H and O–H groups in total. The summed E-state index contributed by atoms with van der Waals surface area (Å²) in [4.78, 5) is 6.32. The number of ether oxygens (including phenoxy) is 1. The highest BCUT2D eigenvalue weighted by atomic mass is 79.9. The van der Waals surface area contributed by atoms with Crippen LogP contribution in [0.25, 0.3) is 0 Å². The van der Waals surface area contributed by atoms with Crippen LogP contribution < -0.4 is 10.1 Å². The Balaban J connectivity index is 2.20. The third-order valence-electron chi connectivity index (χ3n) is 3.84. The predicted octanol–water partition coefficient (Wildman–Crippen LogP) is 5.22. The Morgan fingerprint density at radius 2 is 1.92 bits per heavy atom. The molecule has 1 aromatic heterocycles. The van der Waals surface area contributed by atoms with Crippen molar-refractivity contribution in [3.8, 4) is 5.88 Å². The zero-order valence-corrected chi connectivity index (χ0v) is 17.3. The van der Waals surface area contributed by atoms with Gasteiger partial charge in [0.25, 0.3) is 0 Å². The first-order valence-corrected chi connectivity index (χ1v) is 9.23. The van der Waals surface area contributed by atoms with Crippen LogP contribution >= 0.6 is 28.1 Å². The Bertz CT molecular complexity index is 799. The fraction of sp³-hybridized carbons (Fsp3) is 0.333. The number of halogens is 3. The molecule has 26 heavy (non-hydrogen) atoms. The molecule has 2 rings (SSSR count). The minimum absolute atomic E-state index is 0.333. The van der Waals surface area contributed by atoms with Crippen molar-refractivity contribution in [1.82, 2.24) is 9.88 Å². The molecule has 0 aliphatic carbocycles. The molecule has 0 aliphatic rings. The van der Waals surface area contributed by atoms with Crippen molar-refractivity contribution in [2.45, 2.75) is 26.9 Å². The van der Waals surface area contributed by atoms with E-state index in [1.807, 2.05) is 31.9 Å². The lowest BCUT2D eigenvalue weighted by Crippen LogP contribution is -2.31. The number of benzene rings is 1. The number of anilines is 1. The smallest absolute Gasteiger partial charge is 0.228 e. The second-order valence-electron chi connectivity index (χ2n) is 5.82. The lowest BCUT2D eigenvalue weighted by molar-refractivity contribution is 0.214. The number of thiocarbonyl (C=S) groups is 1. The highest BCUT2D eigenvalue weighted by Gasteiger charge is 2.16. The molecule has 1 heterocycles. The van der Waals surface area contributed by atoms with E-state index in [4.69, 9.17) is 17.0 Å². The molecule has 0 amide bonds. The van der Waals surface area contributed by atoms with Crippen molar-refractivity contribution in [3.05, 3.63) is 51.6 Å². The third kappa shape index (κ3) is 5.11. The monoisotopic (exact) mass is 443 g/mol. The summed E-state index contributed by atoms with van der Waals surface area (Å²) >= 11 is 8.74. The predicted molar refractivity (Wildman–Crippen MR) is 107 cm³/mol. The van der Waals surface area contributed by atoms with Crippen LogP contribution in [0.1, 0.15) is 31.2 Å². The maximum Gasteiger partial charge on any atom is 0.228 e. The molecule has 1 aromatic carbocycles. The van der Waals surface area contributed by atoms with Gasteiger partial charge in [-0.2, -0.15) is 0 Å². The van der Waals surface area contributed by atoms with Crippen molar-refractivity contribution < 1.29 is 13.5 Å². The summed E-state index contributed by atoms with van der Waals surface area (Å²) in [5.74, 6) is -0.960. The van der Waals surface area contributed by atoms with E-state index in [1.165, 1.54) is 12.1 Å². The van der Waals surface area contributed by atoms with Gasteiger partial charge in [-0.25, -0.2) is 13.8 Å². The molecule has 0 fully saturated rings. The number of nitrogens with zero attached hydrogens (tertiary/aromatic N) is 2. The lowest BCUT2D eigenvalue weighted by atomic mass is 10.1. The zero-order valence-electron chi connectivity index (χ0n) is 14.9. The van der Waals surface area contributed by atoms with Crippen LogP contribution in [0.3, 0.4) is 0 Å². The molecule has 0 saturated heterocycles. The molecular formula is C18H20BrF2N3OS. The van der Waals surface area contributed by atoms with Crippen LogP contribution in [0.15, 0.2) is 28.7 Å². The fourth-order valence-electron chi connectivity index (χ4n) is 2.17. The second kappa shape index (κ2) is 8.73. The Morgan fingerprint density at radius 1 is 1.31 bits per heavy atom. The zero-order chi connectivity index (χ0) is 19.4. The van der Waals surface area contributed by atoms with Gasteiger partial charge in [-0.1, -0.05) is 0 Å². The first-order valence-electron chi connectivity index (χ1n) is 8.03. The van der Waals surface area contributed by atoms with Crippen LogP contribution in [-0.2, 0) is 0 Å². The molecule has 0 aliphatic heterocycles. The van der Waals surface area contributed by atoms with Gasteiger partial charge in [-0.05, 0) is 72.7 Å². The molecule has 1 unspecified atom stereocenters. The van der Waals surface area contributed by atoms with Gasteiger partial charge in [0, 0.05) is 19.7 Å². The first kappa shape index (κ1) is 20.5. The van der Waals surface area contributed by atoms with E-state index in [2.05, 4.69) is 26.2 Å². The Labute approximate surface area is 165 Å². The normalized spacial score (nSPS) is 11.8. The molecular weight excluding hydrogens is 424 g/mol.